The van der Waals surface area contributed by atoms with E-state index in [1.54, 1.807) is 19.1 Å². The van der Waals surface area contributed by atoms with Crippen LogP contribution in [0.2, 0.25) is 5.02 Å². The molecule has 0 saturated carbocycles. The molecule has 24 heavy (non-hydrogen) atoms. The van der Waals surface area contributed by atoms with Crippen LogP contribution < -0.4 is 9.88 Å². The minimum absolute atomic E-state index is 0.358. The minimum Gasteiger partial charge on any atom is -0.366 e. The molecule has 1 aliphatic rings. The van der Waals surface area contributed by atoms with Crippen LogP contribution in [0.15, 0.2) is 65.5 Å². The Bertz CT molecular complexity index is 812. The number of aromatic nitrogens is 1. The summed E-state index contributed by atoms with van der Waals surface area (Å²) in [6.45, 7) is 1.69. The second-order valence-corrected chi connectivity index (χ2v) is 6.83. The van der Waals surface area contributed by atoms with Crippen LogP contribution in [0.3, 0.4) is 0 Å². The van der Waals surface area contributed by atoms with Gasteiger partial charge < -0.3 is 10.4 Å². The second-order valence-electron chi connectivity index (χ2n) is 5.94. The first kappa shape index (κ1) is 16.8. The van der Waals surface area contributed by atoms with Crippen molar-refractivity contribution in [2.24, 2.45) is 0 Å². The van der Waals surface area contributed by atoms with Gasteiger partial charge in [-0.1, -0.05) is 29.8 Å². The highest BCUT2D eigenvalue weighted by molar-refractivity contribution is 7.84. The summed E-state index contributed by atoms with van der Waals surface area (Å²) in [6, 6.07) is 14.8. The number of allylic oxidation sites excluding steroid dienone is 1. The van der Waals surface area contributed by atoms with E-state index in [9.17, 15) is 10.4 Å². The Kier molecular flexibility index (Phi) is 4.55. The molecular formula is C18H17ClN3OS+. The Balaban J connectivity index is 2.22. The molecule has 0 radical (unpaired) electrons. The van der Waals surface area contributed by atoms with Crippen molar-refractivity contribution in [3.63, 3.8) is 0 Å². The van der Waals surface area contributed by atoms with Crippen LogP contribution in [-0.4, -0.2) is 10.8 Å². The number of thiol groups is 1. The maximum Gasteiger partial charge on any atom is 0.216 e. The summed E-state index contributed by atoms with van der Waals surface area (Å²) in [4.78, 5) is 0. The van der Waals surface area contributed by atoms with Crippen molar-refractivity contribution in [1.82, 2.24) is 5.32 Å². The number of nitriles is 1. The molecule has 0 aliphatic carbocycles. The molecule has 0 unspecified atom stereocenters. The number of nitrogens with one attached hydrogen (secondary N) is 1. The van der Waals surface area contributed by atoms with Crippen LogP contribution >= 0.6 is 24.2 Å². The predicted octanol–water partition coefficient (Wildman–Crippen LogP) is 2.93. The summed E-state index contributed by atoms with van der Waals surface area (Å²) >= 11 is 10.4. The third-order valence-corrected chi connectivity index (χ3v) is 4.84. The lowest BCUT2D eigenvalue weighted by molar-refractivity contribution is -0.741. The summed E-state index contributed by atoms with van der Waals surface area (Å²) < 4.78 is 1.91. The highest BCUT2D eigenvalue weighted by Gasteiger charge is 2.51. The van der Waals surface area contributed by atoms with Gasteiger partial charge in [0.05, 0.1) is 22.6 Å². The highest BCUT2D eigenvalue weighted by atomic mass is 35.5. The SMILES string of the molecule is C[C@]1(O)NC(S)=C(C#N)[C@H](c2ccc(Cl)cc2)[C@@H]1[n+]1ccccc1. The first-order valence-electron chi connectivity index (χ1n) is 7.49. The lowest BCUT2D eigenvalue weighted by Gasteiger charge is -2.39. The third-order valence-electron chi connectivity index (χ3n) is 4.24. The lowest BCUT2D eigenvalue weighted by Crippen LogP contribution is -2.62. The molecule has 4 nitrogen and oxygen atoms in total. The number of hydrogen-bond acceptors (Lipinski definition) is 4. The van der Waals surface area contributed by atoms with E-state index in [1.807, 2.05) is 47.3 Å². The molecule has 3 rings (SSSR count). The maximum absolute atomic E-state index is 11.0. The van der Waals surface area contributed by atoms with Gasteiger partial charge in [-0.2, -0.15) is 9.83 Å². The molecule has 6 heteroatoms. The standard InChI is InChI=1S/C18H16ClN3OS/c1-18(23)16(22-9-3-2-4-10-22)15(14(11-20)17(24)21-18)12-5-7-13(19)8-6-12/h2-10,15-16,21,23H,1H3/p+1/t15-,16-,18+/m0/s1. The van der Waals surface area contributed by atoms with E-state index in [0.29, 0.717) is 15.6 Å². The third kappa shape index (κ3) is 3.01. The molecule has 0 fully saturated rings. The zero-order valence-corrected chi connectivity index (χ0v) is 14.7. The van der Waals surface area contributed by atoms with Gasteiger partial charge in [-0.3, -0.25) is 0 Å². The molecule has 0 spiro atoms. The van der Waals surface area contributed by atoms with Gasteiger partial charge in [-0.05, 0) is 24.6 Å². The van der Waals surface area contributed by atoms with Gasteiger partial charge in [0, 0.05) is 17.2 Å². The molecule has 0 saturated heterocycles. The molecule has 2 aromatic rings. The fourth-order valence-corrected chi connectivity index (χ4v) is 3.75. The van der Waals surface area contributed by atoms with Crippen LogP contribution in [-0.2, 0) is 0 Å². The van der Waals surface area contributed by atoms with Crippen LogP contribution in [0, 0.1) is 11.3 Å². The average molecular weight is 359 g/mol. The number of benzene rings is 1. The van der Waals surface area contributed by atoms with Gasteiger partial charge >= 0.3 is 0 Å². The van der Waals surface area contributed by atoms with Crippen molar-refractivity contribution >= 4 is 24.2 Å². The summed E-state index contributed by atoms with van der Waals surface area (Å²) in [7, 11) is 0. The van der Waals surface area contributed by atoms with Crippen LogP contribution in [0.4, 0.5) is 0 Å². The van der Waals surface area contributed by atoms with Gasteiger partial charge in [0.15, 0.2) is 18.1 Å². The van der Waals surface area contributed by atoms with E-state index in [-0.39, 0.29) is 5.92 Å². The van der Waals surface area contributed by atoms with Crippen LogP contribution in [0.1, 0.15) is 24.4 Å². The van der Waals surface area contributed by atoms with E-state index >= 15 is 0 Å². The van der Waals surface area contributed by atoms with E-state index in [1.165, 1.54) is 0 Å². The van der Waals surface area contributed by atoms with E-state index < -0.39 is 11.8 Å². The number of halogens is 1. The quantitative estimate of drug-likeness (QED) is 0.571. The Morgan fingerprint density at radius 2 is 1.88 bits per heavy atom. The zero-order chi connectivity index (χ0) is 17.3. The number of nitrogens with zero attached hydrogens (tertiary/aromatic N) is 2. The Hall–Kier alpha value is -2.00. The fourth-order valence-electron chi connectivity index (χ4n) is 3.21. The van der Waals surface area contributed by atoms with Gasteiger partial charge in [-0.25, -0.2) is 0 Å². The van der Waals surface area contributed by atoms with Crippen molar-refractivity contribution in [1.29, 1.82) is 5.26 Å². The smallest absolute Gasteiger partial charge is 0.216 e. The fraction of sp³-hybridized carbons (Fsp3) is 0.222. The molecule has 122 valence electrons. The monoisotopic (exact) mass is 358 g/mol. The van der Waals surface area contributed by atoms with E-state index in [0.717, 1.165) is 5.56 Å². The molecule has 0 amide bonds. The summed E-state index contributed by atoms with van der Waals surface area (Å²) in [5.41, 5.74) is 0.0903. The molecule has 1 aromatic heterocycles. The maximum atomic E-state index is 11.0. The molecule has 2 N–H and O–H groups in total. The van der Waals surface area contributed by atoms with Crippen molar-refractivity contribution in [3.05, 3.63) is 76.0 Å². The molecule has 3 atom stereocenters. The molecule has 0 bridgehead atoms. The van der Waals surface area contributed by atoms with Gasteiger partial charge in [-0.15, -0.1) is 12.6 Å². The number of rotatable bonds is 2. The van der Waals surface area contributed by atoms with Crippen LogP contribution in [0.5, 0.6) is 0 Å². The summed E-state index contributed by atoms with van der Waals surface area (Å²) in [5.74, 6) is -0.358. The summed E-state index contributed by atoms with van der Waals surface area (Å²) in [6.07, 6.45) is 3.75. The van der Waals surface area contributed by atoms with Crippen LogP contribution in [0.25, 0.3) is 0 Å². The van der Waals surface area contributed by atoms with E-state index in [4.69, 9.17) is 11.6 Å². The molecule has 1 aromatic carbocycles. The topological polar surface area (TPSA) is 59.9 Å². The van der Waals surface area contributed by atoms with Crippen molar-refractivity contribution in [2.75, 3.05) is 0 Å². The second kappa shape index (κ2) is 6.48. The van der Waals surface area contributed by atoms with Crippen molar-refractivity contribution < 1.29 is 9.67 Å². The first-order valence-corrected chi connectivity index (χ1v) is 8.31. The minimum atomic E-state index is -1.28. The Morgan fingerprint density at radius 1 is 1.25 bits per heavy atom. The number of aliphatic hydroxyl groups is 1. The zero-order valence-electron chi connectivity index (χ0n) is 13.0. The first-order chi connectivity index (χ1) is 11.4. The average Bonchev–Trinajstić information content (AvgIpc) is 2.55. The number of hydrogen-bond donors (Lipinski definition) is 3. The predicted molar refractivity (Wildman–Crippen MR) is 95.3 cm³/mol. The Morgan fingerprint density at radius 3 is 2.46 bits per heavy atom. The normalized spacial score (nSPS) is 26.6. The highest BCUT2D eigenvalue weighted by Crippen LogP contribution is 2.43. The summed E-state index contributed by atoms with van der Waals surface area (Å²) in [5, 5.41) is 24.6. The molecule has 2 heterocycles. The largest absolute Gasteiger partial charge is 0.366 e. The van der Waals surface area contributed by atoms with Gasteiger partial charge in [0.25, 0.3) is 0 Å². The van der Waals surface area contributed by atoms with Crippen molar-refractivity contribution in [3.8, 4) is 6.07 Å². The van der Waals surface area contributed by atoms with E-state index in [2.05, 4.69) is 24.0 Å². The van der Waals surface area contributed by atoms with Gasteiger partial charge in [0.2, 0.25) is 6.04 Å². The lowest BCUT2D eigenvalue weighted by atomic mass is 9.78. The molecule has 1 aliphatic heterocycles. The van der Waals surface area contributed by atoms with Gasteiger partial charge in [0.1, 0.15) is 0 Å². The molecular weight excluding hydrogens is 342 g/mol. The number of pyridine rings is 1. The Labute approximate surface area is 151 Å². The van der Waals surface area contributed by atoms with Crippen molar-refractivity contribution in [2.45, 2.75) is 24.6 Å².